The van der Waals surface area contributed by atoms with Crippen LogP contribution < -0.4 is 0 Å². The Morgan fingerprint density at radius 2 is 2.08 bits per heavy atom. The largest absolute Gasteiger partial charge is 0.275 e. The van der Waals surface area contributed by atoms with Crippen LogP contribution >= 0.6 is 0 Å². The Hall–Kier alpha value is -1.18. The molecule has 0 radical (unpaired) electrons. The van der Waals surface area contributed by atoms with E-state index in [1.807, 2.05) is 13.8 Å². The topological polar surface area (TPSA) is 24.7 Å². The summed E-state index contributed by atoms with van der Waals surface area (Å²) in [5.74, 6) is 0. The van der Waals surface area contributed by atoms with Gasteiger partial charge in [-0.3, -0.25) is 9.98 Å². The minimum Gasteiger partial charge on any atom is -0.275 e. The number of aliphatic imine (C=N–C) groups is 2. The molecule has 13 heavy (non-hydrogen) atoms. The van der Waals surface area contributed by atoms with E-state index in [-0.39, 0.29) is 5.54 Å². The zero-order valence-electron chi connectivity index (χ0n) is 8.33. The van der Waals surface area contributed by atoms with Crippen LogP contribution in [0.5, 0.6) is 0 Å². The van der Waals surface area contributed by atoms with Gasteiger partial charge in [0.2, 0.25) is 0 Å². The zero-order valence-corrected chi connectivity index (χ0v) is 8.33. The minimum absolute atomic E-state index is 0.0989. The molecule has 0 aromatic rings. The number of allylic oxidation sites excluding steroid dienone is 2. The van der Waals surface area contributed by atoms with Crippen LogP contribution in [0, 0.1) is 0 Å². The van der Waals surface area contributed by atoms with Crippen molar-refractivity contribution in [2.45, 2.75) is 32.7 Å². The van der Waals surface area contributed by atoms with Crippen LogP contribution in [0.2, 0.25) is 0 Å². The van der Waals surface area contributed by atoms with Crippen LogP contribution in [0.1, 0.15) is 27.2 Å². The monoisotopic (exact) mass is 174 g/mol. The van der Waals surface area contributed by atoms with E-state index in [2.05, 4.69) is 35.1 Å². The van der Waals surface area contributed by atoms with Gasteiger partial charge >= 0.3 is 0 Å². The first-order valence-corrected chi connectivity index (χ1v) is 4.61. The average molecular weight is 174 g/mol. The van der Waals surface area contributed by atoms with Crippen molar-refractivity contribution in [1.29, 1.82) is 0 Å². The first-order valence-electron chi connectivity index (χ1n) is 4.61. The van der Waals surface area contributed by atoms with Gasteiger partial charge in [0.1, 0.15) is 5.54 Å². The van der Waals surface area contributed by atoms with E-state index in [4.69, 9.17) is 0 Å². The van der Waals surface area contributed by atoms with Gasteiger partial charge in [-0.1, -0.05) is 12.2 Å². The highest BCUT2D eigenvalue weighted by Gasteiger charge is 2.31. The van der Waals surface area contributed by atoms with Gasteiger partial charge in [0.05, 0.1) is 17.1 Å². The molecule has 2 aliphatic rings. The van der Waals surface area contributed by atoms with Crippen molar-refractivity contribution in [1.82, 2.24) is 0 Å². The molecular formula is C11H14N2. The van der Waals surface area contributed by atoms with Gasteiger partial charge in [-0.15, -0.1) is 0 Å². The number of hydrogen-bond donors (Lipinski definition) is 0. The Morgan fingerprint density at radius 1 is 1.31 bits per heavy atom. The van der Waals surface area contributed by atoms with Crippen molar-refractivity contribution < 1.29 is 0 Å². The second kappa shape index (κ2) is 2.66. The maximum atomic E-state index is 4.68. The summed E-state index contributed by atoms with van der Waals surface area (Å²) in [4.78, 5) is 9.24. The van der Waals surface area contributed by atoms with Gasteiger partial charge in [-0.2, -0.15) is 0 Å². The molecule has 0 bridgehead atoms. The van der Waals surface area contributed by atoms with E-state index in [1.54, 1.807) is 0 Å². The molecule has 1 aliphatic heterocycles. The maximum Gasteiger partial charge on any atom is 0.104 e. The van der Waals surface area contributed by atoms with Crippen molar-refractivity contribution >= 4 is 11.4 Å². The van der Waals surface area contributed by atoms with Crippen LogP contribution in [0.15, 0.2) is 33.9 Å². The summed E-state index contributed by atoms with van der Waals surface area (Å²) in [6, 6.07) is 0. The summed E-state index contributed by atoms with van der Waals surface area (Å²) < 4.78 is 0. The number of rotatable bonds is 0. The summed E-state index contributed by atoms with van der Waals surface area (Å²) >= 11 is 0. The van der Waals surface area contributed by atoms with Gasteiger partial charge in [-0.05, 0) is 33.3 Å². The van der Waals surface area contributed by atoms with Crippen molar-refractivity contribution in [2.24, 2.45) is 9.98 Å². The van der Waals surface area contributed by atoms with Crippen LogP contribution in [-0.2, 0) is 0 Å². The zero-order chi connectivity index (χ0) is 9.47. The summed E-state index contributed by atoms with van der Waals surface area (Å²) in [5, 5.41) is 0. The van der Waals surface area contributed by atoms with Gasteiger partial charge < -0.3 is 0 Å². The third-order valence-corrected chi connectivity index (χ3v) is 2.68. The Balaban J connectivity index is 2.50. The quantitative estimate of drug-likeness (QED) is 0.539. The van der Waals surface area contributed by atoms with E-state index in [0.29, 0.717) is 0 Å². The molecule has 0 N–H and O–H groups in total. The van der Waals surface area contributed by atoms with Crippen molar-refractivity contribution in [3.63, 3.8) is 0 Å². The summed E-state index contributed by atoms with van der Waals surface area (Å²) in [6.07, 6.45) is 7.23. The third kappa shape index (κ3) is 1.26. The molecular weight excluding hydrogens is 160 g/mol. The molecule has 2 rings (SSSR count). The molecule has 0 saturated heterocycles. The molecule has 0 amide bonds. The summed E-state index contributed by atoms with van der Waals surface area (Å²) in [7, 11) is 0. The highest BCUT2D eigenvalue weighted by molar-refractivity contribution is 6.41. The lowest BCUT2D eigenvalue weighted by molar-refractivity contribution is 0.546. The summed E-state index contributed by atoms with van der Waals surface area (Å²) in [5.41, 5.74) is 3.10. The third-order valence-electron chi connectivity index (χ3n) is 2.68. The second-order valence-electron chi connectivity index (χ2n) is 3.85. The van der Waals surface area contributed by atoms with E-state index in [1.165, 1.54) is 0 Å². The van der Waals surface area contributed by atoms with Crippen molar-refractivity contribution in [3.05, 3.63) is 23.9 Å². The molecule has 0 fully saturated rings. The van der Waals surface area contributed by atoms with Gasteiger partial charge in [0.25, 0.3) is 0 Å². The fraction of sp³-hybridized carbons (Fsp3) is 0.455. The maximum absolute atomic E-state index is 4.68. The molecule has 1 unspecified atom stereocenters. The highest BCUT2D eigenvalue weighted by Crippen LogP contribution is 2.32. The Morgan fingerprint density at radius 3 is 2.85 bits per heavy atom. The average Bonchev–Trinajstić information content (AvgIpc) is 2.07. The van der Waals surface area contributed by atoms with Gasteiger partial charge in [0.15, 0.2) is 0 Å². The molecule has 1 aliphatic carbocycles. The van der Waals surface area contributed by atoms with Crippen molar-refractivity contribution in [3.8, 4) is 0 Å². The van der Waals surface area contributed by atoms with Gasteiger partial charge in [-0.25, -0.2) is 0 Å². The minimum atomic E-state index is -0.0989. The predicted octanol–water partition coefficient (Wildman–Crippen LogP) is 2.52. The van der Waals surface area contributed by atoms with Crippen LogP contribution in [0.25, 0.3) is 0 Å². The standard InChI is InChI=1S/C11H14N2/c1-8-9(2)13-11(3)7-5-4-6-10(11)12-8/h4-6H,7H2,1-3H3. The molecule has 2 nitrogen and oxygen atoms in total. The molecule has 68 valence electrons. The molecule has 0 aromatic carbocycles. The normalized spacial score (nSPS) is 31.8. The molecule has 0 spiro atoms. The Labute approximate surface area is 78.8 Å². The van der Waals surface area contributed by atoms with E-state index in [0.717, 1.165) is 23.5 Å². The second-order valence-corrected chi connectivity index (χ2v) is 3.85. The number of nitrogens with zero attached hydrogens (tertiary/aromatic N) is 2. The van der Waals surface area contributed by atoms with Crippen LogP contribution in [0.4, 0.5) is 0 Å². The molecule has 0 aromatic heterocycles. The van der Waals surface area contributed by atoms with Crippen LogP contribution in [-0.4, -0.2) is 17.0 Å². The van der Waals surface area contributed by atoms with E-state index < -0.39 is 0 Å². The lowest BCUT2D eigenvalue weighted by Crippen LogP contribution is -2.32. The number of hydrogen-bond acceptors (Lipinski definition) is 2. The Kier molecular flexibility index (Phi) is 1.72. The summed E-state index contributed by atoms with van der Waals surface area (Å²) in [6.45, 7) is 6.18. The van der Waals surface area contributed by atoms with E-state index >= 15 is 0 Å². The molecule has 1 heterocycles. The van der Waals surface area contributed by atoms with Gasteiger partial charge in [0, 0.05) is 0 Å². The molecule has 2 heteroatoms. The molecule has 1 atom stereocenters. The lowest BCUT2D eigenvalue weighted by atomic mass is 9.89. The lowest BCUT2D eigenvalue weighted by Gasteiger charge is -2.31. The van der Waals surface area contributed by atoms with E-state index in [9.17, 15) is 0 Å². The number of fused-ring (bicyclic) bond motifs is 1. The fourth-order valence-corrected chi connectivity index (χ4v) is 1.71. The predicted molar refractivity (Wildman–Crippen MR) is 56.5 cm³/mol. The fourth-order valence-electron chi connectivity index (χ4n) is 1.71. The smallest absolute Gasteiger partial charge is 0.104 e. The van der Waals surface area contributed by atoms with Crippen molar-refractivity contribution in [2.75, 3.05) is 0 Å². The first-order chi connectivity index (χ1) is 6.12. The Bertz CT molecular complexity index is 358. The molecule has 0 saturated carbocycles. The van der Waals surface area contributed by atoms with Crippen LogP contribution in [0.3, 0.4) is 0 Å². The SMILES string of the molecule is CC1=NC2=CC=CCC2(C)N=C1C. The highest BCUT2D eigenvalue weighted by atomic mass is 15.0. The first kappa shape index (κ1) is 8.42.